The minimum Gasteiger partial charge on any atom is -0.487 e. The molecule has 6 nitrogen and oxygen atoms in total. The van der Waals surface area contributed by atoms with Crippen LogP contribution in [0.15, 0.2) is 52.9 Å². The molecule has 0 amide bonds. The lowest BCUT2D eigenvalue weighted by atomic mass is 9.77. The van der Waals surface area contributed by atoms with Crippen molar-refractivity contribution in [3.63, 3.8) is 0 Å². The topological polar surface area (TPSA) is 64.8 Å². The van der Waals surface area contributed by atoms with Gasteiger partial charge in [-0.3, -0.25) is 9.69 Å². The number of piperidine rings is 1. The molecule has 2 heterocycles. The Balaban J connectivity index is 1.39. The number of aryl methyl sites for hydroxylation is 1. The molecule has 0 saturated carbocycles. The Morgan fingerprint density at radius 2 is 1.92 bits per heavy atom. The van der Waals surface area contributed by atoms with Crippen LogP contribution >= 0.6 is 0 Å². The summed E-state index contributed by atoms with van der Waals surface area (Å²) in [6.45, 7) is 8.44. The number of rotatable bonds is 9. The average molecular weight is 531 g/mol. The van der Waals surface area contributed by atoms with Crippen molar-refractivity contribution in [2.75, 3.05) is 19.7 Å². The first kappa shape index (κ1) is 27.7. The molecule has 9 heteroatoms. The monoisotopic (exact) mass is 530 g/mol. The number of carbonyl (C=O) groups excluding carboxylic acids is 1. The molecule has 1 fully saturated rings. The van der Waals surface area contributed by atoms with E-state index >= 15 is 0 Å². The van der Waals surface area contributed by atoms with Crippen LogP contribution in [0.1, 0.15) is 55.7 Å². The number of halogens is 3. The minimum atomic E-state index is -4.40. The van der Waals surface area contributed by atoms with E-state index in [0.29, 0.717) is 42.5 Å². The van der Waals surface area contributed by atoms with Gasteiger partial charge in [0.15, 0.2) is 0 Å². The number of alkyl halides is 3. The van der Waals surface area contributed by atoms with Gasteiger partial charge in [-0.05, 0) is 81.6 Å². The third-order valence-electron chi connectivity index (χ3n) is 7.07. The quantitative estimate of drug-likeness (QED) is 0.284. The molecule has 0 spiro atoms. The molecule has 1 aliphatic rings. The van der Waals surface area contributed by atoms with Crippen LogP contribution in [0.25, 0.3) is 11.5 Å². The number of likely N-dealkylation sites (tertiary alicyclic amines) is 1. The number of carbonyl (C=O) groups is 1. The fourth-order valence-corrected chi connectivity index (χ4v) is 4.88. The van der Waals surface area contributed by atoms with Crippen molar-refractivity contribution in [3.8, 4) is 17.2 Å². The first-order chi connectivity index (χ1) is 18.1. The average Bonchev–Trinajstić information content (AvgIpc) is 3.28. The number of hydrogen-bond donors (Lipinski definition) is 0. The molecule has 0 N–H and O–H groups in total. The normalized spacial score (nSPS) is 18.4. The van der Waals surface area contributed by atoms with Crippen molar-refractivity contribution in [3.05, 3.63) is 71.1 Å². The number of esters is 1. The second-order valence-corrected chi connectivity index (χ2v) is 9.70. The molecule has 3 aromatic rings. The number of aromatic nitrogens is 1. The molecule has 1 aliphatic heterocycles. The number of nitrogens with zero attached hydrogens (tertiary/aromatic N) is 2. The molecule has 1 aromatic heterocycles. The Bertz CT molecular complexity index is 1240. The third kappa shape index (κ3) is 6.38. The Morgan fingerprint density at radius 3 is 2.61 bits per heavy atom. The van der Waals surface area contributed by atoms with E-state index in [2.05, 4.69) is 9.88 Å². The van der Waals surface area contributed by atoms with Gasteiger partial charge in [0.25, 0.3) is 0 Å². The standard InChI is InChI=1S/C29H33F3N2O4/c1-4-28(27(35)36-5-2)14-7-15-34(19-28)17-21-8-6-9-24(16-21)37-18-25-20(3)38-26(33-25)22-10-12-23(13-11-22)29(30,31)32/h6,8-13,16H,4-5,7,14-15,17-19H2,1-3H3. The highest BCUT2D eigenvalue weighted by molar-refractivity contribution is 5.77. The molecule has 204 valence electrons. The van der Waals surface area contributed by atoms with Crippen molar-refractivity contribution in [2.24, 2.45) is 5.41 Å². The van der Waals surface area contributed by atoms with Gasteiger partial charge < -0.3 is 13.9 Å². The van der Waals surface area contributed by atoms with E-state index < -0.39 is 17.2 Å². The second kappa shape index (κ2) is 11.6. The van der Waals surface area contributed by atoms with Crippen molar-refractivity contribution in [1.29, 1.82) is 0 Å². The zero-order valence-corrected chi connectivity index (χ0v) is 21.9. The van der Waals surface area contributed by atoms with E-state index in [1.165, 1.54) is 12.1 Å². The van der Waals surface area contributed by atoms with Gasteiger partial charge >= 0.3 is 12.1 Å². The van der Waals surface area contributed by atoms with E-state index in [9.17, 15) is 18.0 Å². The summed E-state index contributed by atoms with van der Waals surface area (Å²) in [5, 5.41) is 0. The van der Waals surface area contributed by atoms with Crippen molar-refractivity contribution < 1.29 is 31.9 Å². The lowest BCUT2D eigenvalue weighted by molar-refractivity contribution is -0.159. The summed E-state index contributed by atoms with van der Waals surface area (Å²) in [5.41, 5.74) is 0.919. The zero-order chi connectivity index (χ0) is 27.3. The maximum atomic E-state index is 12.8. The predicted molar refractivity (Wildman–Crippen MR) is 136 cm³/mol. The SMILES string of the molecule is CCOC(=O)C1(CC)CCCN(Cc2cccc(OCc3nc(-c4ccc(C(F)(F)F)cc4)oc3C)c2)C1. The molecule has 0 aliphatic carbocycles. The van der Waals surface area contributed by atoms with Gasteiger partial charge in [0, 0.05) is 18.7 Å². The van der Waals surface area contributed by atoms with Crippen LogP contribution in [0.3, 0.4) is 0 Å². The molecule has 0 radical (unpaired) electrons. The van der Waals surface area contributed by atoms with Crippen molar-refractivity contribution in [1.82, 2.24) is 9.88 Å². The van der Waals surface area contributed by atoms with Gasteiger partial charge in [0.2, 0.25) is 5.89 Å². The molecule has 38 heavy (non-hydrogen) atoms. The summed E-state index contributed by atoms with van der Waals surface area (Å²) in [6, 6.07) is 12.5. The number of hydrogen-bond acceptors (Lipinski definition) is 6. The first-order valence-electron chi connectivity index (χ1n) is 12.9. The summed E-state index contributed by atoms with van der Waals surface area (Å²) < 4.78 is 55.6. The van der Waals surface area contributed by atoms with E-state index in [-0.39, 0.29) is 18.5 Å². The predicted octanol–water partition coefficient (Wildman–Crippen LogP) is 6.80. The van der Waals surface area contributed by atoms with Crippen LogP contribution in [-0.4, -0.2) is 35.5 Å². The Labute approximate surface area is 220 Å². The molecule has 1 atom stereocenters. The Kier molecular flexibility index (Phi) is 8.45. The number of benzene rings is 2. The highest BCUT2D eigenvalue weighted by Crippen LogP contribution is 2.36. The lowest BCUT2D eigenvalue weighted by Crippen LogP contribution is -2.47. The Morgan fingerprint density at radius 1 is 1.16 bits per heavy atom. The van der Waals surface area contributed by atoms with Crippen LogP contribution in [0.5, 0.6) is 5.75 Å². The van der Waals surface area contributed by atoms with Gasteiger partial charge in [-0.2, -0.15) is 13.2 Å². The van der Waals surface area contributed by atoms with Crippen LogP contribution in [0, 0.1) is 12.3 Å². The Hall–Kier alpha value is -3.33. The maximum Gasteiger partial charge on any atom is 0.416 e. The highest BCUT2D eigenvalue weighted by atomic mass is 19.4. The van der Waals surface area contributed by atoms with E-state index in [4.69, 9.17) is 13.9 Å². The zero-order valence-electron chi connectivity index (χ0n) is 21.9. The maximum absolute atomic E-state index is 12.8. The van der Waals surface area contributed by atoms with Gasteiger partial charge in [0.05, 0.1) is 17.6 Å². The van der Waals surface area contributed by atoms with E-state index in [1.807, 2.05) is 38.1 Å². The van der Waals surface area contributed by atoms with Crippen LogP contribution in [-0.2, 0) is 28.9 Å². The third-order valence-corrected chi connectivity index (χ3v) is 7.07. The summed E-state index contributed by atoms with van der Waals surface area (Å²) >= 11 is 0. The molecule has 2 aromatic carbocycles. The fraction of sp³-hybridized carbons (Fsp3) is 0.448. The summed E-state index contributed by atoms with van der Waals surface area (Å²) in [4.78, 5) is 19.4. The van der Waals surface area contributed by atoms with E-state index in [1.54, 1.807) is 6.92 Å². The second-order valence-electron chi connectivity index (χ2n) is 9.70. The summed E-state index contributed by atoms with van der Waals surface area (Å²) in [5.74, 6) is 1.35. The van der Waals surface area contributed by atoms with Crippen LogP contribution < -0.4 is 4.74 Å². The smallest absolute Gasteiger partial charge is 0.416 e. The molecule has 1 unspecified atom stereocenters. The van der Waals surface area contributed by atoms with Crippen molar-refractivity contribution in [2.45, 2.75) is 59.4 Å². The molecular formula is C29H33F3N2O4. The fourth-order valence-electron chi connectivity index (χ4n) is 4.88. The lowest BCUT2D eigenvalue weighted by Gasteiger charge is -2.40. The van der Waals surface area contributed by atoms with Gasteiger partial charge in [-0.25, -0.2) is 4.98 Å². The highest BCUT2D eigenvalue weighted by Gasteiger charge is 2.41. The molecule has 4 rings (SSSR count). The van der Waals surface area contributed by atoms with Crippen LogP contribution in [0.2, 0.25) is 0 Å². The van der Waals surface area contributed by atoms with Gasteiger partial charge in [0.1, 0.15) is 23.8 Å². The van der Waals surface area contributed by atoms with Gasteiger partial charge in [-0.1, -0.05) is 19.1 Å². The molecule has 0 bridgehead atoms. The van der Waals surface area contributed by atoms with Crippen LogP contribution in [0.4, 0.5) is 13.2 Å². The number of ether oxygens (including phenoxy) is 2. The minimum absolute atomic E-state index is 0.108. The van der Waals surface area contributed by atoms with Crippen molar-refractivity contribution >= 4 is 5.97 Å². The summed E-state index contributed by atoms with van der Waals surface area (Å²) in [7, 11) is 0. The molecule has 1 saturated heterocycles. The molecular weight excluding hydrogens is 497 g/mol. The largest absolute Gasteiger partial charge is 0.487 e. The van der Waals surface area contributed by atoms with Gasteiger partial charge in [-0.15, -0.1) is 0 Å². The summed E-state index contributed by atoms with van der Waals surface area (Å²) in [6.07, 6.45) is -1.87. The van der Waals surface area contributed by atoms with E-state index in [0.717, 1.165) is 43.5 Å². The number of oxazole rings is 1. The first-order valence-corrected chi connectivity index (χ1v) is 12.9.